The zero-order valence-corrected chi connectivity index (χ0v) is 13.7. The van der Waals surface area contributed by atoms with Gasteiger partial charge in [0, 0.05) is 29.7 Å². The van der Waals surface area contributed by atoms with Crippen molar-refractivity contribution in [2.75, 3.05) is 6.54 Å². The number of aromatic amines is 1. The normalized spacial score (nSPS) is 11.5. The third-order valence-corrected chi connectivity index (χ3v) is 4.43. The van der Waals surface area contributed by atoms with Crippen LogP contribution in [0.3, 0.4) is 0 Å². The Morgan fingerprint density at radius 1 is 0.909 bits per heavy atom. The lowest BCUT2D eigenvalue weighted by molar-refractivity contribution is 0.268. The summed E-state index contributed by atoms with van der Waals surface area (Å²) in [5.74, 6) is 0. The van der Waals surface area contributed by atoms with Crippen molar-refractivity contribution in [3.63, 3.8) is 0 Å². The Balaban J connectivity index is 1.79. The average molecular weight is 292 g/mol. The van der Waals surface area contributed by atoms with Crippen molar-refractivity contribution in [2.45, 2.75) is 33.9 Å². The average Bonchev–Trinajstić information content (AvgIpc) is 2.85. The summed E-state index contributed by atoms with van der Waals surface area (Å²) in [6, 6.07) is 17.4. The predicted molar refractivity (Wildman–Crippen MR) is 94.0 cm³/mol. The van der Waals surface area contributed by atoms with Gasteiger partial charge in [-0.15, -0.1) is 0 Å². The van der Waals surface area contributed by atoms with Crippen LogP contribution in [-0.2, 0) is 13.1 Å². The zero-order chi connectivity index (χ0) is 15.5. The second kappa shape index (κ2) is 6.37. The molecule has 0 bridgehead atoms. The highest BCUT2D eigenvalue weighted by atomic mass is 15.1. The maximum atomic E-state index is 3.58. The first-order chi connectivity index (χ1) is 10.7. The highest BCUT2D eigenvalue weighted by Crippen LogP contribution is 2.22. The lowest BCUT2D eigenvalue weighted by atomic mass is 10.1. The maximum absolute atomic E-state index is 3.58. The molecule has 0 saturated carbocycles. The highest BCUT2D eigenvalue weighted by molar-refractivity contribution is 5.84. The van der Waals surface area contributed by atoms with Crippen LogP contribution in [0.1, 0.15) is 29.3 Å². The monoisotopic (exact) mass is 292 g/mol. The fourth-order valence-electron chi connectivity index (χ4n) is 2.95. The molecule has 2 nitrogen and oxygen atoms in total. The minimum atomic E-state index is 0.963. The van der Waals surface area contributed by atoms with Gasteiger partial charge in [0.15, 0.2) is 0 Å². The number of rotatable bonds is 5. The molecule has 0 atom stereocenters. The summed E-state index contributed by atoms with van der Waals surface area (Å²) >= 11 is 0. The van der Waals surface area contributed by atoms with Gasteiger partial charge in [-0.1, -0.05) is 55.0 Å². The summed E-state index contributed by atoms with van der Waals surface area (Å²) in [6.07, 6.45) is 0. The maximum Gasteiger partial charge on any atom is 0.0459 e. The number of nitrogens with one attached hydrogen (secondary N) is 1. The van der Waals surface area contributed by atoms with E-state index in [0.717, 1.165) is 19.6 Å². The van der Waals surface area contributed by atoms with E-state index in [0.29, 0.717) is 0 Å². The van der Waals surface area contributed by atoms with E-state index in [4.69, 9.17) is 0 Å². The molecule has 3 aromatic rings. The van der Waals surface area contributed by atoms with E-state index in [1.807, 2.05) is 0 Å². The van der Waals surface area contributed by atoms with Gasteiger partial charge < -0.3 is 4.98 Å². The molecule has 114 valence electrons. The molecule has 0 radical (unpaired) electrons. The van der Waals surface area contributed by atoms with Gasteiger partial charge in [-0.2, -0.15) is 0 Å². The van der Waals surface area contributed by atoms with Crippen LogP contribution in [-0.4, -0.2) is 16.4 Å². The van der Waals surface area contributed by atoms with Crippen LogP contribution in [0.4, 0.5) is 0 Å². The Bertz CT molecular complexity index is 753. The Kier molecular flexibility index (Phi) is 4.30. The molecule has 1 aromatic heterocycles. The van der Waals surface area contributed by atoms with Gasteiger partial charge in [0.25, 0.3) is 0 Å². The molecule has 2 heteroatoms. The van der Waals surface area contributed by atoms with Gasteiger partial charge >= 0.3 is 0 Å². The van der Waals surface area contributed by atoms with Gasteiger partial charge in [-0.25, -0.2) is 0 Å². The minimum absolute atomic E-state index is 0.963. The number of nitrogens with zero attached hydrogens (tertiary/aromatic N) is 1. The van der Waals surface area contributed by atoms with Crippen molar-refractivity contribution in [1.82, 2.24) is 9.88 Å². The van der Waals surface area contributed by atoms with E-state index in [-0.39, 0.29) is 0 Å². The molecule has 0 spiro atoms. The van der Waals surface area contributed by atoms with Crippen LogP contribution in [0.15, 0.2) is 48.5 Å². The first-order valence-electron chi connectivity index (χ1n) is 8.01. The Morgan fingerprint density at radius 3 is 2.32 bits per heavy atom. The number of benzene rings is 2. The number of hydrogen-bond acceptors (Lipinski definition) is 1. The van der Waals surface area contributed by atoms with Crippen molar-refractivity contribution in [2.24, 2.45) is 0 Å². The van der Waals surface area contributed by atoms with Crippen molar-refractivity contribution < 1.29 is 0 Å². The fraction of sp³-hybridized carbons (Fsp3) is 0.300. The number of fused-ring (bicyclic) bond motifs is 1. The minimum Gasteiger partial charge on any atom is -0.357 e. The van der Waals surface area contributed by atoms with E-state index >= 15 is 0 Å². The molecule has 0 amide bonds. The van der Waals surface area contributed by atoms with Crippen LogP contribution in [0.2, 0.25) is 0 Å². The summed E-state index contributed by atoms with van der Waals surface area (Å²) < 4.78 is 0. The Hall–Kier alpha value is -2.06. The van der Waals surface area contributed by atoms with E-state index < -0.39 is 0 Å². The first-order valence-corrected chi connectivity index (χ1v) is 8.01. The van der Waals surface area contributed by atoms with Gasteiger partial charge in [-0.05, 0) is 37.6 Å². The standard InChI is InChI=1S/C20H24N2/c1-4-22(13-17-11-9-15(2)10-12-17)14-20-16(3)18-7-5-6-8-19(18)21-20/h5-12,21H,4,13-14H2,1-3H3. The van der Waals surface area contributed by atoms with Crippen LogP contribution >= 0.6 is 0 Å². The summed E-state index contributed by atoms with van der Waals surface area (Å²) in [7, 11) is 0. The quantitative estimate of drug-likeness (QED) is 0.715. The van der Waals surface area contributed by atoms with Crippen molar-refractivity contribution in [3.05, 3.63) is 70.9 Å². The van der Waals surface area contributed by atoms with Crippen LogP contribution in [0.25, 0.3) is 10.9 Å². The number of aromatic nitrogens is 1. The van der Waals surface area contributed by atoms with Crippen LogP contribution < -0.4 is 0 Å². The molecule has 0 aliphatic rings. The first kappa shape index (κ1) is 14.9. The number of para-hydroxylation sites is 1. The van der Waals surface area contributed by atoms with Crippen LogP contribution in [0, 0.1) is 13.8 Å². The van der Waals surface area contributed by atoms with Crippen molar-refractivity contribution >= 4 is 10.9 Å². The Labute approximate surface area is 132 Å². The van der Waals surface area contributed by atoms with Gasteiger partial charge in [0.1, 0.15) is 0 Å². The zero-order valence-electron chi connectivity index (χ0n) is 13.7. The predicted octanol–water partition coefficient (Wildman–Crippen LogP) is 4.81. The molecule has 1 heterocycles. The molecule has 1 N–H and O–H groups in total. The smallest absolute Gasteiger partial charge is 0.0459 e. The van der Waals surface area contributed by atoms with E-state index in [1.54, 1.807) is 0 Å². The van der Waals surface area contributed by atoms with Crippen molar-refractivity contribution in [1.29, 1.82) is 0 Å². The largest absolute Gasteiger partial charge is 0.357 e. The number of hydrogen-bond donors (Lipinski definition) is 1. The van der Waals surface area contributed by atoms with Gasteiger partial charge in [0.2, 0.25) is 0 Å². The molecule has 0 aliphatic heterocycles. The lowest BCUT2D eigenvalue weighted by Gasteiger charge is -2.20. The summed E-state index contributed by atoms with van der Waals surface area (Å²) in [4.78, 5) is 6.06. The molecule has 0 unspecified atom stereocenters. The fourth-order valence-corrected chi connectivity index (χ4v) is 2.95. The van der Waals surface area contributed by atoms with Gasteiger partial charge in [-0.3, -0.25) is 4.90 Å². The molecule has 0 saturated heterocycles. The van der Waals surface area contributed by atoms with Crippen LogP contribution in [0.5, 0.6) is 0 Å². The molecular weight excluding hydrogens is 268 g/mol. The highest BCUT2D eigenvalue weighted by Gasteiger charge is 2.11. The molecule has 0 fully saturated rings. The van der Waals surface area contributed by atoms with E-state index in [2.05, 4.69) is 79.2 Å². The third-order valence-electron chi connectivity index (χ3n) is 4.43. The number of aryl methyl sites for hydroxylation is 2. The molecule has 3 rings (SSSR count). The van der Waals surface area contributed by atoms with Gasteiger partial charge in [0.05, 0.1) is 0 Å². The van der Waals surface area contributed by atoms with Crippen molar-refractivity contribution in [3.8, 4) is 0 Å². The number of H-pyrrole nitrogens is 1. The third kappa shape index (κ3) is 3.07. The molecule has 2 aromatic carbocycles. The molecule has 22 heavy (non-hydrogen) atoms. The summed E-state index contributed by atoms with van der Waals surface area (Å²) in [5, 5.41) is 1.34. The summed E-state index contributed by atoms with van der Waals surface area (Å²) in [5.41, 5.74) is 6.63. The topological polar surface area (TPSA) is 19.0 Å². The summed E-state index contributed by atoms with van der Waals surface area (Å²) in [6.45, 7) is 9.58. The van der Waals surface area contributed by atoms with E-state index in [1.165, 1.54) is 33.3 Å². The van der Waals surface area contributed by atoms with E-state index in [9.17, 15) is 0 Å². The molecular formula is C20H24N2. The second-order valence-corrected chi connectivity index (χ2v) is 6.06. The second-order valence-electron chi connectivity index (χ2n) is 6.06. The SMILES string of the molecule is CCN(Cc1ccc(C)cc1)Cc1[nH]c2ccccc2c1C. The Morgan fingerprint density at radius 2 is 1.64 bits per heavy atom. The lowest BCUT2D eigenvalue weighted by Crippen LogP contribution is -2.22. The molecule has 0 aliphatic carbocycles.